The number of nitrogens with one attached hydrogen (secondary N) is 1. The molecule has 0 aliphatic rings. The van der Waals surface area contributed by atoms with E-state index in [-0.39, 0.29) is 0 Å². The highest BCUT2D eigenvalue weighted by Crippen LogP contribution is 2.26. The second-order valence-electron chi connectivity index (χ2n) is 5.43. The third-order valence-corrected chi connectivity index (χ3v) is 3.61. The molecule has 0 aliphatic heterocycles. The third-order valence-electron chi connectivity index (χ3n) is 3.61. The van der Waals surface area contributed by atoms with E-state index in [1.807, 2.05) is 19.3 Å². The second kappa shape index (κ2) is 7.46. The lowest BCUT2D eigenvalue weighted by Crippen LogP contribution is -1.93. The van der Waals surface area contributed by atoms with Crippen molar-refractivity contribution in [3.8, 4) is 11.1 Å². The minimum Gasteiger partial charge on any atom is -0.394 e. The van der Waals surface area contributed by atoms with Gasteiger partial charge in [0.1, 0.15) is 0 Å². The van der Waals surface area contributed by atoms with Gasteiger partial charge in [0.15, 0.2) is 0 Å². The van der Waals surface area contributed by atoms with Crippen LogP contribution >= 0.6 is 0 Å². The summed E-state index contributed by atoms with van der Waals surface area (Å²) in [4.78, 5) is 0. The van der Waals surface area contributed by atoms with E-state index in [9.17, 15) is 0 Å². The van der Waals surface area contributed by atoms with Crippen molar-refractivity contribution in [1.82, 2.24) is 5.32 Å². The summed E-state index contributed by atoms with van der Waals surface area (Å²) in [5, 5.41) is 3.03. The molecule has 0 aliphatic carbocycles. The zero-order valence-corrected chi connectivity index (χ0v) is 13.6. The van der Waals surface area contributed by atoms with Crippen LogP contribution in [-0.2, 0) is 0 Å². The standard InChI is InChI=1S/C21H23N/c1-16(15-22-4)10-11-17(2)21-14-20(13-12-18(21)3)19-8-6-5-7-9-19/h5-15,22H,2H2,1,3-4H3/b11-10-,16-15-. The minimum atomic E-state index is 1.03. The molecule has 1 heteroatoms. The van der Waals surface area contributed by atoms with Crippen molar-refractivity contribution in [2.24, 2.45) is 0 Å². The average molecular weight is 289 g/mol. The highest BCUT2D eigenvalue weighted by atomic mass is 14.8. The number of aryl methyl sites for hydroxylation is 1. The largest absolute Gasteiger partial charge is 0.394 e. The van der Waals surface area contributed by atoms with Crippen LogP contribution in [0.1, 0.15) is 18.1 Å². The van der Waals surface area contributed by atoms with Crippen LogP contribution in [0.3, 0.4) is 0 Å². The van der Waals surface area contributed by atoms with Gasteiger partial charge in [-0.1, -0.05) is 61.2 Å². The first-order chi connectivity index (χ1) is 10.6. The highest BCUT2D eigenvalue weighted by molar-refractivity contribution is 5.78. The number of rotatable bonds is 5. The van der Waals surface area contributed by atoms with Gasteiger partial charge in [-0.05, 0) is 59.5 Å². The second-order valence-corrected chi connectivity index (χ2v) is 5.43. The van der Waals surface area contributed by atoms with Crippen LogP contribution in [0.15, 0.2) is 79.0 Å². The summed E-state index contributed by atoms with van der Waals surface area (Å²) in [7, 11) is 1.90. The molecule has 1 nitrogen and oxygen atoms in total. The first-order valence-corrected chi connectivity index (χ1v) is 7.49. The summed E-state index contributed by atoms with van der Waals surface area (Å²) < 4.78 is 0. The van der Waals surface area contributed by atoms with Gasteiger partial charge in [-0.2, -0.15) is 0 Å². The maximum atomic E-state index is 4.22. The zero-order valence-electron chi connectivity index (χ0n) is 13.6. The molecule has 22 heavy (non-hydrogen) atoms. The summed E-state index contributed by atoms with van der Waals surface area (Å²) >= 11 is 0. The van der Waals surface area contributed by atoms with Crippen LogP contribution in [0.5, 0.6) is 0 Å². The molecule has 0 amide bonds. The van der Waals surface area contributed by atoms with Crippen molar-refractivity contribution < 1.29 is 0 Å². The Labute approximate surface area is 133 Å². The van der Waals surface area contributed by atoms with Crippen molar-refractivity contribution in [1.29, 1.82) is 0 Å². The van der Waals surface area contributed by atoms with Gasteiger partial charge in [-0.15, -0.1) is 0 Å². The molecule has 2 aromatic rings. The van der Waals surface area contributed by atoms with Crippen LogP contribution in [0.25, 0.3) is 16.7 Å². The smallest absolute Gasteiger partial charge is 0.00277 e. The Bertz CT molecular complexity index is 706. The molecule has 0 saturated heterocycles. The van der Waals surface area contributed by atoms with Gasteiger partial charge in [-0.25, -0.2) is 0 Å². The predicted octanol–water partition coefficient (Wildman–Crippen LogP) is 5.35. The Morgan fingerprint density at radius 3 is 2.41 bits per heavy atom. The van der Waals surface area contributed by atoms with E-state index < -0.39 is 0 Å². The lowest BCUT2D eigenvalue weighted by atomic mass is 9.95. The topological polar surface area (TPSA) is 12.0 Å². The molecule has 0 spiro atoms. The molecule has 0 bridgehead atoms. The summed E-state index contributed by atoms with van der Waals surface area (Å²) in [6.07, 6.45) is 6.12. The number of allylic oxidation sites excluding steroid dienone is 4. The fourth-order valence-corrected chi connectivity index (χ4v) is 2.38. The van der Waals surface area contributed by atoms with Crippen molar-refractivity contribution in [2.75, 3.05) is 7.05 Å². The number of benzene rings is 2. The molecule has 0 saturated carbocycles. The lowest BCUT2D eigenvalue weighted by Gasteiger charge is -2.09. The summed E-state index contributed by atoms with van der Waals surface area (Å²) in [5.74, 6) is 0. The molecule has 0 unspecified atom stereocenters. The Balaban J connectivity index is 2.31. The predicted molar refractivity (Wildman–Crippen MR) is 97.6 cm³/mol. The lowest BCUT2D eigenvalue weighted by molar-refractivity contribution is 1.08. The van der Waals surface area contributed by atoms with Gasteiger partial charge in [0, 0.05) is 7.05 Å². The van der Waals surface area contributed by atoms with E-state index in [1.165, 1.54) is 27.8 Å². The van der Waals surface area contributed by atoms with E-state index in [0.29, 0.717) is 0 Å². The van der Waals surface area contributed by atoms with Crippen LogP contribution in [0, 0.1) is 6.92 Å². The quantitative estimate of drug-likeness (QED) is 0.731. The van der Waals surface area contributed by atoms with Gasteiger partial charge in [-0.3, -0.25) is 0 Å². The normalized spacial score (nSPS) is 11.7. The van der Waals surface area contributed by atoms with E-state index in [4.69, 9.17) is 0 Å². The Hall–Kier alpha value is -2.54. The molecular formula is C21H23N. The summed E-state index contributed by atoms with van der Waals surface area (Å²) in [6, 6.07) is 17.0. The van der Waals surface area contributed by atoms with Gasteiger partial charge in [0.2, 0.25) is 0 Å². The summed E-state index contributed by atoms with van der Waals surface area (Å²) in [5.41, 5.74) is 7.07. The molecule has 2 rings (SSSR count). The average Bonchev–Trinajstić information content (AvgIpc) is 2.54. The zero-order chi connectivity index (χ0) is 15.9. The fraction of sp³-hybridized carbons (Fsp3) is 0.143. The van der Waals surface area contributed by atoms with E-state index in [0.717, 1.165) is 5.57 Å². The monoisotopic (exact) mass is 289 g/mol. The molecule has 2 aromatic carbocycles. The molecular weight excluding hydrogens is 266 g/mol. The van der Waals surface area contributed by atoms with Gasteiger partial charge >= 0.3 is 0 Å². The van der Waals surface area contributed by atoms with Crippen molar-refractivity contribution >= 4 is 5.57 Å². The Morgan fingerprint density at radius 1 is 1.00 bits per heavy atom. The third kappa shape index (κ3) is 3.98. The molecule has 112 valence electrons. The number of hydrogen-bond donors (Lipinski definition) is 1. The van der Waals surface area contributed by atoms with Crippen molar-refractivity contribution in [2.45, 2.75) is 13.8 Å². The van der Waals surface area contributed by atoms with E-state index >= 15 is 0 Å². The van der Waals surface area contributed by atoms with Crippen LogP contribution < -0.4 is 5.32 Å². The SMILES string of the molecule is C=C(/C=C\C(C)=C/NC)c1cc(-c2ccccc2)ccc1C. The van der Waals surface area contributed by atoms with Gasteiger partial charge in [0.05, 0.1) is 0 Å². The molecule has 0 fully saturated rings. The van der Waals surface area contributed by atoms with Gasteiger partial charge < -0.3 is 5.32 Å². The van der Waals surface area contributed by atoms with E-state index in [2.05, 4.69) is 80.4 Å². The molecule has 0 heterocycles. The van der Waals surface area contributed by atoms with Crippen LogP contribution in [0.4, 0.5) is 0 Å². The summed E-state index contributed by atoms with van der Waals surface area (Å²) in [6.45, 7) is 8.41. The minimum absolute atomic E-state index is 1.03. The maximum Gasteiger partial charge on any atom is 0.00277 e. The van der Waals surface area contributed by atoms with Crippen molar-refractivity contribution in [3.63, 3.8) is 0 Å². The van der Waals surface area contributed by atoms with Crippen molar-refractivity contribution in [3.05, 3.63) is 90.2 Å². The van der Waals surface area contributed by atoms with Gasteiger partial charge in [0.25, 0.3) is 0 Å². The maximum absolute atomic E-state index is 4.22. The Kier molecular flexibility index (Phi) is 5.37. The van der Waals surface area contributed by atoms with E-state index in [1.54, 1.807) is 0 Å². The van der Waals surface area contributed by atoms with Crippen LogP contribution in [-0.4, -0.2) is 7.05 Å². The first kappa shape index (κ1) is 15.8. The van der Waals surface area contributed by atoms with Crippen LogP contribution in [0.2, 0.25) is 0 Å². The molecule has 0 aromatic heterocycles. The molecule has 1 N–H and O–H groups in total. The highest BCUT2D eigenvalue weighted by Gasteiger charge is 2.04. The Morgan fingerprint density at radius 2 is 1.73 bits per heavy atom. The fourth-order valence-electron chi connectivity index (χ4n) is 2.38. The molecule has 0 atom stereocenters. The number of hydrogen-bond acceptors (Lipinski definition) is 1. The molecule has 0 radical (unpaired) electrons. The first-order valence-electron chi connectivity index (χ1n) is 7.49.